The molecule has 1 saturated carbocycles. The highest BCUT2D eigenvalue weighted by Crippen LogP contribution is 2.24. The molecule has 1 saturated heterocycles. The van der Waals surface area contributed by atoms with Gasteiger partial charge in [0.1, 0.15) is 0 Å². The lowest BCUT2D eigenvalue weighted by Gasteiger charge is -2.28. The summed E-state index contributed by atoms with van der Waals surface area (Å²) in [6, 6.07) is 0. The molecule has 0 radical (unpaired) electrons. The maximum atomic E-state index is 13.1. The summed E-state index contributed by atoms with van der Waals surface area (Å²) >= 11 is 0. The van der Waals surface area contributed by atoms with E-state index in [2.05, 4.69) is 0 Å². The highest BCUT2D eigenvalue weighted by atomic mass is 16.6. The summed E-state index contributed by atoms with van der Waals surface area (Å²) in [5, 5.41) is 0. The maximum Gasteiger partial charge on any atom is 0.225 e. The van der Waals surface area contributed by atoms with Crippen molar-refractivity contribution in [3.63, 3.8) is 0 Å². The van der Waals surface area contributed by atoms with Gasteiger partial charge in [0, 0.05) is 19.0 Å². The fraction of sp³-hybridized carbons (Fsp3) is 0.952. The van der Waals surface area contributed by atoms with Crippen molar-refractivity contribution in [2.75, 3.05) is 79.2 Å². The van der Waals surface area contributed by atoms with Crippen LogP contribution >= 0.6 is 0 Å². The van der Waals surface area contributed by atoms with Crippen molar-refractivity contribution in [2.24, 2.45) is 5.92 Å². The normalized spacial score (nSPS) is 24.5. The Hall–Kier alpha value is -0.730. The summed E-state index contributed by atoms with van der Waals surface area (Å²) in [5.74, 6) is 0.429. The highest BCUT2D eigenvalue weighted by Gasteiger charge is 2.24. The minimum Gasteiger partial charge on any atom is -0.377 e. The molecule has 0 atom stereocenters. The van der Waals surface area contributed by atoms with Crippen LogP contribution in [0.1, 0.15) is 44.9 Å². The number of carbonyl (C=O) groups excluding carboxylic acids is 1. The Bertz CT molecular complexity index is 369. The Morgan fingerprint density at radius 2 is 0.893 bits per heavy atom. The van der Waals surface area contributed by atoms with Crippen molar-refractivity contribution in [2.45, 2.75) is 44.9 Å². The quantitative estimate of drug-likeness (QED) is 0.672. The van der Waals surface area contributed by atoms with Crippen molar-refractivity contribution in [3.8, 4) is 0 Å². The second kappa shape index (κ2) is 16.1. The van der Waals surface area contributed by atoms with E-state index in [9.17, 15) is 4.79 Å². The predicted molar refractivity (Wildman–Crippen MR) is 106 cm³/mol. The van der Waals surface area contributed by atoms with E-state index in [0.717, 1.165) is 25.7 Å². The van der Waals surface area contributed by atoms with Crippen molar-refractivity contribution in [3.05, 3.63) is 0 Å². The second-order valence-electron chi connectivity index (χ2n) is 7.43. The first-order valence-corrected chi connectivity index (χ1v) is 11.1. The van der Waals surface area contributed by atoms with Crippen molar-refractivity contribution < 1.29 is 28.5 Å². The Balaban J connectivity index is 1.79. The van der Waals surface area contributed by atoms with Gasteiger partial charge in [-0.3, -0.25) is 4.79 Å². The first kappa shape index (κ1) is 23.5. The Morgan fingerprint density at radius 3 is 1.32 bits per heavy atom. The minimum atomic E-state index is 0.157. The SMILES string of the molecule is O=C(C1CCCCCCC1)N1CCOCCOCCOCCOCCOCC1. The molecule has 0 aromatic carbocycles. The smallest absolute Gasteiger partial charge is 0.225 e. The molecular weight excluding hydrogens is 362 g/mol. The maximum absolute atomic E-state index is 13.1. The van der Waals surface area contributed by atoms with Crippen LogP contribution in [0.3, 0.4) is 0 Å². The van der Waals surface area contributed by atoms with Crippen LogP contribution in [0.2, 0.25) is 0 Å². The topological polar surface area (TPSA) is 66.5 Å². The van der Waals surface area contributed by atoms with Crippen LogP contribution in [-0.4, -0.2) is 90.0 Å². The van der Waals surface area contributed by atoms with Crippen LogP contribution in [0, 0.1) is 5.92 Å². The molecule has 1 amide bonds. The standard InChI is InChI=1S/C21H39NO6/c23-21(20-6-4-2-1-3-5-7-20)22-8-10-24-12-14-26-16-18-28-19-17-27-15-13-25-11-9-22/h20H,1-19H2. The Kier molecular flexibility index (Phi) is 13.5. The van der Waals surface area contributed by atoms with E-state index in [1.165, 1.54) is 19.3 Å². The molecule has 0 spiro atoms. The second-order valence-corrected chi connectivity index (χ2v) is 7.43. The molecule has 7 heteroatoms. The van der Waals surface area contributed by atoms with Gasteiger partial charge in [0.05, 0.1) is 66.1 Å². The summed E-state index contributed by atoms with van der Waals surface area (Å²) in [6.45, 7) is 6.65. The van der Waals surface area contributed by atoms with Crippen LogP contribution in [-0.2, 0) is 28.5 Å². The summed E-state index contributed by atoms with van der Waals surface area (Å²) in [7, 11) is 0. The predicted octanol–water partition coefficient (Wildman–Crippen LogP) is 2.27. The van der Waals surface area contributed by atoms with Crippen molar-refractivity contribution in [1.82, 2.24) is 4.90 Å². The number of nitrogens with zero attached hydrogens (tertiary/aromatic N) is 1. The van der Waals surface area contributed by atoms with Gasteiger partial charge < -0.3 is 28.6 Å². The van der Waals surface area contributed by atoms with Gasteiger partial charge in [-0.25, -0.2) is 0 Å². The van der Waals surface area contributed by atoms with E-state index < -0.39 is 0 Å². The summed E-state index contributed by atoms with van der Waals surface area (Å²) in [4.78, 5) is 15.0. The Morgan fingerprint density at radius 1 is 0.536 bits per heavy atom. The van der Waals surface area contributed by atoms with Gasteiger partial charge >= 0.3 is 0 Å². The number of hydrogen-bond donors (Lipinski definition) is 0. The zero-order chi connectivity index (χ0) is 19.7. The molecule has 0 N–H and O–H groups in total. The van der Waals surface area contributed by atoms with Crippen molar-refractivity contribution in [1.29, 1.82) is 0 Å². The van der Waals surface area contributed by atoms with Crippen LogP contribution in [0.4, 0.5) is 0 Å². The zero-order valence-electron chi connectivity index (χ0n) is 17.4. The molecule has 2 aliphatic rings. The van der Waals surface area contributed by atoms with Gasteiger partial charge in [0.2, 0.25) is 5.91 Å². The summed E-state index contributed by atoms with van der Waals surface area (Å²) < 4.78 is 27.7. The van der Waals surface area contributed by atoms with Gasteiger partial charge in [0.25, 0.3) is 0 Å². The molecule has 0 bridgehead atoms. The molecule has 0 unspecified atom stereocenters. The highest BCUT2D eigenvalue weighted by molar-refractivity contribution is 5.78. The average Bonchev–Trinajstić information content (AvgIpc) is 2.67. The zero-order valence-corrected chi connectivity index (χ0v) is 17.4. The first-order chi connectivity index (χ1) is 13.9. The molecule has 1 aliphatic carbocycles. The van der Waals surface area contributed by atoms with E-state index >= 15 is 0 Å². The van der Waals surface area contributed by atoms with E-state index in [-0.39, 0.29) is 11.8 Å². The minimum absolute atomic E-state index is 0.157. The van der Waals surface area contributed by atoms with Crippen LogP contribution in [0.15, 0.2) is 0 Å². The summed E-state index contributed by atoms with van der Waals surface area (Å²) in [5.41, 5.74) is 0. The molecule has 2 fully saturated rings. The van der Waals surface area contributed by atoms with Gasteiger partial charge in [0.15, 0.2) is 0 Å². The molecule has 1 heterocycles. The van der Waals surface area contributed by atoms with Gasteiger partial charge in [-0.2, -0.15) is 0 Å². The number of rotatable bonds is 1. The average molecular weight is 402 g/mol. The molecule has 0 aromatic heterocycles. The Labute approximate surface area is 170 Å². The number of ether oxygens (including phenoxy) is 5. The lowest BCUT2D eigenvalue weighted by molar-refractivity contribution is -0.138. The van der Waals surface area contributed by atoms with Crippen molar-refractivity contribution >= 4 is 5.91 Å². The molecule has 164 valence electrons. The number of amides is 1. The lowest BCUT2D eigenvalue weighted by Crippen LogP contribution is -2.41. The lowest BCUT2D eigenvalue weighted by atomic mass is 9.90. The summed E-state index contributed by atoms with van der Waals surface area (Å²) in [6.07, 6.45) is 8.16. The van der Waals surface area contributed by atoms with Gasteiger partial charge in [-0.1, -0.05) is 32.1 Å². The first-order valence-electron chi connectivity index (χ1n) is 11.1. The largest absolute Gasteiger partial charge is 0.377 e. The fourth-order valence-electron chi connectivity index (χ4n) is 3.62. The van der Waals surface area contributed by atoms with E-state index in [1.54, 1.807) is 0 Å². The van der Waals surface area contributed by atoms with E-state index in [1.807, 2.05) is 4.90 Å². The molecule has 28 heavy (non-hydrogen) atoms. The monoisotopic (exact) mass is 401 g/mol. The van der Waals surface area contributed by atoms with Crippen LogP contribution < -0.4 is 0 Å². The van der Waals surface area contributed by atoms with E-state index in [0.29, 0.717) is 79.2 Å². The van der Waals surface area contributed by atoms with Crippen LogP contribution in [0.5, 0.6) is 0 Å². The number of hydrogen-bond acceptors (Lipinski definition) is 6. The fourth-order valence-corrected chi connectivity index (χ4v) is 3.62. The molecule has 1 aliphatic heterocycles. The molecule has 0 aromatic rings. The van der Waals surface area contributed by atoms with E-state index in [4.69, 9.17) is 23.7 Å². The third-order valence-electron chi connectivity index (χ3n) is 5.27. The van der Waals surface area contributed by atoms with Gasteiger partial charge in [-0.05, 0) is 12.8 Å². The molecule has 7 nitrogen and oxygen atoms in total. The molecule has 2 rings (SSSR count). The third kappa shape index (κ3) is 10.7. The van der Waals surface area contributed by atoms with Crippen LogP contribution in [0.25, 0.3) is 0 Å². The van der Waals surface area contributed by atoms with Gasteiger partial charge in [-0.15, -0.1) is 0 Å². The molecular formula is C21H39NO6. The third-order valence-corrected chi connectivity index (χ3v) is 5.27. The number of carbonyl (C=O) groups is 1.